The van der Waals surface area contributed by atoms with Crippen molar-refractivity contribution in [1.82, 2.24) is 4.90 Å². The minimum absolute atomic E-state index is 0.129. The molecule has 2 rings (SSSR count). The lowest BCUT2D eigenvalue weighted by atomic mass is 9.93. The Bertz CT molecular complexity index is 631. The van der Waals surface area contributed by atoms with E-state index in [-0.39, 0.29) is 29.0 Å². The lowest BCUT2D eigenvalue weighted by molar-refractivity contribution is -0.890. The van der Waals surface area contributed by atoms with E-state index in [0.717, 1.165) is 18.7 Å². The van der Waals surface area contributed by atoms with Gasteiger partial charge < -0.3 is 15.3 Å². The lowest BCUT2D eigenvalue weighted by Gasteiger charge is -2.48. The number of aliphatic hydroxyl groups excluding tert-OH is 1. The van der Waals surface area contributed by atoms with Gasteiger partial charge in [0.15, 0.2) is 0 Å². The number of aliphatic hydroxyl groups is 1. The van der Waals surface area contributed by atoms with Crippen LogP contribution in [0.15, 0.2) is 23.4 Å². The van der Waals surface area contributed by atoms with E-state index in [2.05, 4.69) is 14.1 Å². The molecule has 0 spiro atoms. The summed E-state index contributed by atoms with van der Waals surface area (Å²) in [7, 11) is 4.18. The number of hydrogen-bond donors (Lipinski definition) is 2. The first-order valence-electron chi connectivity index (χ1n) is 8.22. The summed E-state index contributed by atoms with van der Waals surface area (Å²) < 4.78 is 0.699. The van der Waals surface area contributed by atoms with E-state index < -0.39 is 11.3 Å². The molecular weight excluding hydrogens is 362 g/mol. The Morgan fingerprint density at radius 2 is 2.16 bits per heavy atom. The highest BCUT2D eigenvalue weighted by Gasteiger charge is 2.51. The third kappa shape index (κ3) is 4.46. The van der Waals surface area contributed by atoms with Crippen molar-refractivity contribution in [3.63, 3.8) is 0 Å². The van der Waals surface area contributed by atoms with Crippen LogP contribution in [0.25, 0.3) is 0 Å². The molecule has 8 heteroatoms. The molecule has 2 aliphatic rings. The number of halogens is 1. The maximum atomic E-state index is 12.0. The number of nitrogens with two attached hydrogens (primary N) is 1. The first-order valence-corrected chi connectivity index (χ1v) is 9.64. The number of quaternary nitrogens is 1. The number of hydrogen-bond acceptors (Lipinski definition) is 5. The molecule has 0 aromatic heterocycles. The molecule has 0 aromatic carbocycles. The Morgan fingerprint density at radius 3 is 2.72 bits per heavy atom. The number of carbonyl (C=O) groups excluding carboxylic acids is 2. The van der Waals surface area contributed by atoms with Gasteiger partial charge in [-0.2, -0.15) is 0 Å². The van der Waals surface area contributed by atoms with Crippen LogP contribution >= 0.6 is 23.4 Å². The van der Waals surface area contributed by atoms with E-state index in [1.807, 2.05) is 26.0 Å². The minimum atomic E-state index is -0.625. The van der Waals surface area contributed by atoms with Crippen molar-refractivity contribution in [1.29, 1.82) is 0 Å². The van der Waals surface area contributed by atoms with Gasteiger partial charge in [-0.25, -0.2) is 0 Å². The number of amides is 1. The molecule has 0 unspecified atom stereocenters. The van der Waals surface area contributed by atoms with Gasteiger partial charge in [-0.15, -0.1) is 11.8 Å². The summed E-state index contributed by atoms with van der Waals surface area (Å²) in [4.78, 5) is 25.2. The quantitative estimate of drug-likeness (QED) is 0.384. The Morgan fingerprint density at radius 1 is 1.52 bits per heavy atom. The summed E-state index contributed by atoms with van der Waals surface area (Å²) >= 11 is 7.27. The van der Waals surface area contributed by atoms with Crippen LogP contribution in [0.1, 0.15) is 13.8 Å². The summed E-state index contributed by atoms with van der Waals surface area (Å²) in [6, 6.07) is -0.558. The second-order valence-electron chi connectivity index (χ2n) is 8.08. The van der Waals surface area contributed by atoms with Crippen molar-refractivity contribution in [2.45, 2.75) is 25.3 Å². The number of rotatable bonds is 7. The predicted molar refractivity (Wildman–Crippen MR) is 101 cm³/mol. The second-order valence-corrected chi connectivity index (χ2v) is 9.53. The van der Waals surface area contributed by atoms with E-state index >= 15 is 0 Å². The molecule has 2 atom stereocenters. The number of likely N-dealkylation sites (N-methyl/N-ethyl adjacent to an activating group) is 1. The van der Waals surface area contributed by atoms with Gasteiger partial charge in [-0.1, -0.05) is 19.9 Å². The molecule has 0 bridgehead atoms. The molecule has 0 radical (unpaired) electrons. The normalized spacial score (nSPS) is 24.6. The van der Waals surface area contributed by atoms with Gasteiger partial charge in [-0.05, 0) is 23.3 Å². The molecule has 25 heavy (non-hydrogen) atoms. The summed E-state index contributed by atoms with van der Waals surface area (Å²) in [6.45, 7) is 5.73. The largest absolute Gasteiger partial charge is 0.396 e. The van der Waals surface area contributed by atoms with Gasteiger partial charge in [0.05, 0.1) is 33.8 Å². The third-order valence-electron chi connectivity index (χ3n) is 4.43. The highest BCUT2D eigenvalue weighted by atomic mass is 35.5. The standard InChI is InChI=1S/C17H27ClN3O3S/c1-17(2,10-22)9-21(3,4)7-5-6-11-8-25-16-12(19)15(24)20(16)13(11)14(18)23/h5-6,12,16,22H,7-10,19H2,1-4H3/q+1/b6-5+/t12-,16-/m1/s1. The second kappa shape index (κ2) is 7.40. The minimum Gasteiger partial charge on any atom is -0.396 e. The number of allylic oxidation sites excluding steroid dienone is 2. The number of thioether (sulfide) groups is 1. The molecule has 1 saturated heterocycles. The van der Waals surface area contributed by atoms with Gasteiger partial charge in [0.1, 0.15) is 17.1 Å². The molecule has 0 aromatic rings. The molecular formula is C17H27ClN3O3S+. The predicted octanol–water partition coefficient (Wildman–Crippen LogP) is 0.899. The highest BCUT2D eigenvalue weighted by molar-refractivity contribution is 8.00. The van der Waals surface area contributed by atoms with Crippen molar-refractivity contribution in [3.05, 3.63) is 23.4 Å². The van der Waals surface area contributed by atoms with Crippen LogP contribution in [0.3, 0.4) is 0 Å². The van der Waals surface area contributed by atoms with E-state index in [1.54, 1.807) is 11.8 Å². The fraction of sp³-hybridized carbons (Fsp3) is 0.647. The lowest BCUT2D eigenvalue weighted by Crippen LogP contribution is -2.68. The zero-order chi connectivity index (χ0) is 19.0. The van der Waals surface area contributed by atoms with Crippen molar-refractivity contribution < 1.29 is 19.2 Å². The van der Waals surface area contributed by atoms with Crippen molar-refractivity contribution in [2.24, 2.45) is 11.1 Å². The van der Waals surface area contributed by atoms with Crippen LogP contribution in [0.2, 0.25) is 0 Å². The van der Waals surface area contributed by atoms with Crippen molar-refractivity contribution in [2.75, 3.05) is 39.5 Å². The Balaban J connectivity index is 2.13. The summed E-state index contributed by atoms with van der Waals surface area (Å²) in [5.41, 5.74) is 6.63. The van der Waals surface area contributed by atoms with E-state index in [0.29, 0.717) is 10.2 Å². The first kappa shape index (κ1) is 20.5. The molecule has 140 valence electrons. The number of carbonyl (C=O) groups is 2. The van der Waals surface area contributed by atoms with Gasteiger partial charge in [0, 0.05) is 11.2 Å². The molecule has 2 aliphatic heterocycles. The van der Waals surface area contributed by atoms with Crippen LogP contribution < -0.4 is 5.73 Å². The summed E-state index contributed by atoms with van der Waals surface area (Å²) in [5.74, 6) is 0.343. The SMILES string of the molecule is CC(C)(CO)C[N+](C)(C)C/C=C/C1=C(C(=O)Cl)N2C(=O)[C@@H](N)[C@H]2SC1. The maximum absolute atomic E-state index is 12.0. The zero-order valence-electron chi connectivity index (χ0n) is 15.2. The summed E-state index contributed by atoms with van der Waals surface area (Å²) in [6.07, 6.45) is 3.87. The molecule has 2 heterocycles. The molecule has 1 amide bonds. The molecule has 0 aliphatic carbocycles. The number of β-lactam (4-membered cyclic amide) rings is 1. The third-order valence-corrected chi connectivity index (χ3v) is 5.93. The van der Waals surface area contributed by atoms with Gasteiger partial charge in [0.2, 0.25) is 5.91 Å². The Hall–Kier alpha value is -0.860. The van der Waals surface area contributed by atoms with Gasteiger partial charge in [-0.3, -0.25) is 14.5 Å². The van der Waals surface area contributed by atoms with Crippen molar-refractivity contribution >= 4 is 34.5 Å². The Labute approximate surface area is 158 Å². The average molecular weight is 389 g/mol. The fourth-order valence-corrected chi connectivity index (χ4v) is 4.88. The Kier molecular flexibility index (Phi) is 6.06. The maximum Gasteiger partial charge on any atom is 0.269 e. The molecule has 0 saturated carbocycles. The van der Waals surface area contributed by atoms with Crippen molar-refractivity contribution in [3.8, 4) is 0 Å². The van der Waals surface area contributed by atoms with E-state index in [4.69, 9.17) is 17.3 Å². The molecule has 3 N–H and O–H groups in total. The first-order chi connectivity index (χ1) is 11.5. The van der Waals surface area contributed by atoms with Crippen LogP contribution in [0.5, 0.6) is 0 Å². The smallest absolute Gasteiger partial charge is 0.269 e. The van der Waals surface area contributed by atoms with Gasteiger partial charge in [0.25, 0.3) is 5.24 Å². The zero-order valence-corrected chi connectivity index (χ0v) is 16.7. The van der Waals surface area contributed by atoms with Crippen LogP contribution in [0, 0.1) is 5.41 Å². The van der Waals surface area contributed by atoms with E-state index in [1.165, 1.54) is 4.90 Å². The molecule has 1 fully saturated rings. The van der Waals surface area contributed by atoms with Crippen LogP contribution in [0.4, 0.5) is 0 Å². The van der Waals surface area contributed by atoms with E-state index in [9.17, 15) is 14.7 Å². The average Bonchev–Trinajstić information content (AvgIpc) is 2.52. The van der Waals surface area contributed by atoms with Gasteiger partial charge >= 0.3 is 0 Å². The van der Waals surface area contributed by atoms with Crippen LogP contribution in [-0.2, 0) is 9.59 Å². The monoisotopic (exact) mass is 388 g/mol. The topological polar surface area (TPSA) is 83.6 Å². The summed E-state index contributed by atoms with van der Waals surface area (Å²) in [5, 5.41) is 8.63. The number of fused-ring (bicyclic) bond motifs is 1. The van der Waals surface area contributed by atoms with Crippen LogP contribution in [-0.4, -0.2) is 76.6 Å². The highest BCUT2D eigenvalue weighted by Crippen LogP contribution is 2.40. The molecule has 6 nitrogen and oxygen atoms in total. The fourth-order valence-electron chi connectivity index (χ4n) is 3.40. The number of nitrogens with zero attached hydrogens (tertiary/aromatic N) is 2.